The van der Waals surface area contributed by atoms with E-state index < -0.39 is 0 Å². The molecule has 3 rings (SSSR count). The van der Waals surface area contributed by atoms with E-state index in [1.807, 2.05) is 0 Å². The quantitative estimate of drug-likeness (QED) is 0.769. The summed E-state index contributed by atoms with van der Waals surface area (Å²) >= 11 is 3.54. The van der Waals surface area contributed by atoms with Gasteiger partial charge in [-0.2, -0.15) is 0 Å². The van der Waals surface area contributed by atoms with E-state index in [4.69, 9.17) is 9.31 Å². The number of hydrogen-bond donors (Lipinski definition) is 0. The molecule has 112 valence electrons. The van der Waals surface area contributed by atoms with E-state index in [1.165, 1.54) is 9.75 Å². The van der Waals surface area contributed by atoms with Crippen LogP contribution in [-0.2, 0) is 9.31 Å². The van der Waals surface area contributed by atoms with Crippen LogP contribution in [0.5, 0.6) is 0 Å². The highest BCUT2D eigenvalue weighted by Crippen LogP contribution is 2.41. The van der Waals surface area contributed by atoms with E-state index in [-0.39, 0.29) is 18.3 Å². The predicted octanol–water partition coefficient (Wildman–Crippen LogP) is 4.56. The minimum Gasteiger partial charge on any atom is -0.399 e. The summed E-state index contributed by atoms with van der Waals surface area (Å²) in [5, 5.41) is 2.11. The fraction of sp³-hybridized carbons (Fsp3) is 0.500. The van der Waals surface area contributed by atoms with Gasteiger partial charge in [-0.15, -0.1) is 22.7 Å². The third-order valence-electron chi connectivity index (χ3n) is 4.39. The van der Waals surface area contributed by atoms with Gasteiger partial charge >= 0.3 is 7.12 Å². The first-order valence-corrected chi connectivity index (χ1v) is 9.14. The van der Waals surface area contributed by atoms with Crippen LogP contribution in [0.4, 0.5) is 0 Å². The Morgan fingerprint density at radius 3 is 2.57 bits per heavy atom. The lowest BCUT2D eigenvalue weighted by molar-refractivity contribution is -0.0159. The first-order valence-electron chi connectivity index (χ1n) is 7.44. The van der Waals surface area contributed by atoms with E-state index in [9.17, 15) is 0 Å². The molecule has 1 atom stereocenters. The maximum Gasteiger partial charge on any atom is 0.505 e. The first kappa shape index (κ1) is 15.3. The Hall–Kier alpha value is -0.615. The molecule has 2 nitrogen and oxygen atoms in total. The molecule has 5 heteroatoms. The van der Waals surface area contributed by atoms with Crippen molar-refractivity contribution in [2.45, 2.75) is 51.7 Å². The summed E-state index contributed by atoms with van der Waals surface area (Å²) < 4.78 is 13.7. The molecule has 0 aliphatic carbocycles. The Morgan fingerprint density at radius 1 is 1.10 bits per heavy atom. The molecule has 21 heavy (non-hydrogen) atoms. The molecule has 3 heterocycles. The lowest BCUT2D eigenvalue weighted by Crippen LogP contribution is -2.44. The third kappa shape index (κ3) is 2.72. The number of thiophene rings is 2. The molecule has 0 bridgehead atoms. The van der Waals surface area contributed by atoms with E-state index in [0.717, 1.165) is 17.6 Å². The van der Waals surface area contributed by atoms with Gasteiger partial charge in [-0.05, 0) is 44.7 Å². The van der Waals surface area contributed by atoms with Crippen LogP contribution in [-0.4, -0.2) is 18.3 Å². The van der Waals surface area contributed by atoms with Crippen molar-refractivity contribution in [3.05, 3.63) is 29.6 Å². The van der Waals surface area contributed by atoms with Crippen molar-refractivity contribution in [1.29, 1.82) is 0 Å². The molecule has 0 N–H and O–H groups in total. The van der Waals surface area contributed by atoms with Gasteiger partial charge in [0, 0.05) is 14.5 Å². The molecule has 0 saturated carbocycles. The Kier molecular flexibility index (Phi) is 4.03. The van der Waals surface area contributed by atoms with Crippen LogP contribution in [0.3, 0.4) is 0 Å². The molecular weight excluding hydrogens is 299 g/mol. The van der Waals surface area contributed by atoms with Gasteiger partial charge in [0.05, 0.1) is 11.2 Å². The normalized spacial score (nSPS) is 24.7. The van der Waals surface area contributed by atoms with Crippen molar-refractivity contribution < 1.29 is 9.31 Å². The molecule has 2 aromatic heterocycles. The van der Waals surface area contributed by atoms with Crippen LogP contribution in [0.15, 0.2) is 29.6 Å². The van der Waals surface area contributed by atoms with Crippen molar-refractivity contribution in [2.75, 3.05) is 0 Å². The van der Waals surface area contributed by atoms with Crippen LogP contribution in [0, 0.1) is 0 Å². The van der Waals surface area contributed by atoms with Gasteiger partial charge < -0.3 is 9.31 Å². The molecule has 1 saturated heterocycles. The van der Waals surface area contributed by atoms with E-state index in [0.29, 0.717) is 0 Å². The maximum atomic E-state index is 6.31. The SMILES string of the molecule is CCCC1(C)OB(c2ccc(-c3cccs3)s2)OC1(C)C. The summed E-state index contributed by atoms with van der Waals surface area (Å²) in [7, 11) is -0.240. The average Bonchev–Trinajstić information content (AvgIpc) is 3.11. The summed E-state index contributed by atoms with van der Waals surface area (Å²) in [4.78, 5) is 2.59. The van der Waals surface area contributed by atoms with Crippen molar-refractivity contribution >= 4 is 34.6 Å². The molecule has 1 fully saturated rings. The van der Waals surface area contributed by atoms with E-state index in [1.54, 1.807) is 22.7 Å². The van der Waals surface area contributed by atoms with Gasteiger partial charge in [0.2, 0.25) is 0 Å². The fourth-order valence-corrected chi connectivity index (χ4v) is 4.58. The van der Waals surface area contributed by atoms with Crippen molar-refractivity contribution in [1.82, 2.24) is 0 Å². The summed E-state index contributed by atoms with van der Waals surface area (Å²) in [6.07, 6.45) is 2.11. The molecular formula is C16H21BO2S2. The second kappa shape index (κ2) is 5.54. The van der Waals surface area contributed by atoms with Crippen LogP contribution >= 0.6 is 22.7 Å². The Balaban J connectivity index is 1.83. The van der Waals surface area contributed by atoms with Gasteiger partial charge in [-0.25, -0.2) is 0 Å². The number of hydrogen-bond acceptors (Lipinski definition) is 4. The van der Waals surface area contributed by atoms with Crippen LogP contribution in [0.25, 0.3) is 9.75 Å². The highest BCUT2D eigenvalue weighted by atomic mass is 32.1. The molecule has 1 aliphatic heterocycles. The standard InChI is InChI=1S/C16H21BO2S2/c1-5-10-16(4)15(2,3)18-17(19-16)14-9-8-13(21-14)12-7-6-11-20-12/h6-9,11H,5,10H2,1-4H3. The largest absolute Gasteiger partial charge is 0.505 e. The molecule has 0 spiro atoms. The van der Waals surface area contributed by atoms with Gasteiger partial charge in [0.25, 0.3) is 0 Å². The molecule has 1 unspecified atom stereocenters. The second-order valence-corrected chi connectivity index (χ2v) is 8.30. The Bertz CT molecular complexity index is 606. The summed E-state index contributed by atoms with van der Waals surface area (Å²) in [6.45, 7) is 8.63. The average molecular weight is 320 g/mol. The maximum absolute atomic E-state index is 6.31. The molecule has 0 amide bonds. The minimum absolute atomic E-state index is 0.223. The topological polar surface area (TPSA) is 18.5 Å². The minimum atomic E-state index is -0.263. The predicted molar refractivity (Wildman–Crippen MR) is 92.6 cm³/mol. The van der Waals surface area contributed by atoms with Crippen LogP contribution in [0.2, 0.25) is 0 Å². The second-order valence-electron chi connectivity index (χ2n) is 6.24. The molecule has 2 aromatic rings. The smallest absolute Gasteiger partial charge is 0.399 e. The summed E-state index contributed by atoms with van der Waals surface area (Å²) in [5.74, 6) is 0. The molecule has 0 aromatic carbocycles. The zero-order chi connectivity index (χ0) is 15.1. The Labute approximate surface area is 135 Å². The van der Waals surface area contributed by atoms with E-state index >= 15 is 0 Å². The van der Waals surface area contributed by atoms with Crippen LogP contribution in [0.1, 0.15) is 40.5 Å². The lowest BCUT2D eigenvalue weighted by atomic mass is 9.84. The fourth-order valence-electron chi connectivity index (χ4n) is 2.78. The van der Waals surface area contributed by atoms with Crippen LogP contribution < -0.4 is 4.78 Å². The monoisotopic (exact) mass is 320 g/mol. The number of rotatable bonds is 4. The van der Waals surface area contributed by atoms with Crippen molar-refractivity contribution in [2.24, 2.45) is 0 Å². The molecule has 0 radical (unpaired) electrons. The first-order chi connectivity index (χ1) is 9.95. The molecule has 1 aliphatic rings. The highest BCUT2D eigenvalue weighted by Gasteiger charge is 2.54. The lowest BCUT2D eigenvalue weighted by Gasteiger charge is -2.36. The van der Waals surface area contributed by atoms with E-state index in [2.05, 4.69) is 57.3 Å². The third-order valence-corrected chi connectivity index (χ3v) is 6.57. The summed E-state index contributed by atoms with van der Waals surface area (Å²) in [5.41, 5.74) is -0.486. The van der Waals surface area contributed by atoms with Gasteiger partial charge in [-0.3, -0.25) is 0 Å². The van der Waals surface area contributed by atoms with Gasteiger partial charge in [0.1, 0.15) is 0 Å². The van der Waals surface area contributed by atoms with Gasteiger partial charge in [-0.1, -0.05) is 25.5 Å². The highest BCUT2D eigenvalue weighted by molar-refractivity contribution is 7.27. The zero-order valence-corrected chi connectivity index (χ0v) is 14.6. The zero-order valence-electron chi connectivity index (χ0n) is 13.0. The summed E-state index contributed by atoms with van der Waals surface area (Å²) in [6, 6.07) is 8.55. The van der Waals surface area contributed by atoms with Crippen molar-refractivity contribution in [3.63, 3.8) is 0 Å². The van der Waals surface area contributed by atoms with Gasteiger partial charge in [0.15, 0.2) is 0 Å². The van der Waals surface area contributed by atoms with Crippen molar-refractivity contribution in [3.8, 4) is 9.75 Å². The Morgan fingerprint density at radius 2 is 1.90 bits per heavy atom.